The highest BCUT2D eigenvalue weighted by molar-refractivity contribution is 7.13. The summed E-state index contributed by atoms with van der Waals surface area (Å²) >= 11 is 1.13. The second kappa shape index (κ2) is 8.06. The van der Waals surface area contributed by atoms with Gasteiger partial charge in [-0.1, -0.05) is 24.3 Å². The average molecular weight is 435 g/mol. The lowest BCUT2D eigenvalue weighted by Crippen LogP contribution is -2.49. The van der Waals surface area contributed by atoms with Crippen LogP contribution in [0.2, 0.25) is 0 Å². The molecule has 0 spiro atoms. The van der Waals surface area contributed by atoms with Crippen molar-refractivity contribution in [3.05, 3.63) is 71.0 Å². The first-order valence-corrected chi connectivity index (χ1v) is 10.1. The van der Waals surface area contributed by atoms with Gasteiger partial charge in [0.15, 0.2) is 0 Å². The standard InChI is InChI=1S/C21H17F4N3OS/c22-16-6-1-2-7-18(16)27-8-10-28(11-9-27)20(29)17-13-30-19(26-17)14-4-3-5-15(12-14)21(23,24)25/h1-7,12-13H,8-11H2. The second-order valence-electron chi connectivity index (χ2n) is 6.85. The molecule has 1 saturated heterocycles. The summed E-state index contributed by atoms with van der Waals surface area (Å²) in [5.41, 5.74) is 0.266. The van der Waals surface area contributed by atoms with Crippen molar-refractivity contribution >= 4 is 22.9 Å². The lowest BCUT2D eigenvalue weighted by Gasteiger charge is -2.35. The van der Waals surface area contributed by atoms with Gasteiger partial charge in [-0.2, -0.15) is 13.2 Å². The molecule has 30 heavy (non-hydrogen) atoms. The number of amides is 1. The molecule has 2 heterocycles. The van der Waals surface area contributed by atoms with Crippen LogP contribution in [0.25, 0.3) is 10.6 Å². The van der Waals surface area contributed by atoms with Crippen LogP contribution >= 0.6 is 11.3 Å². The zero-order valence-corrected chi connectivity index (χ0v) is 16.5. The third kappa shape index (κ3) is 4.16. The normalized spacial score (nSPS) is 14.8. The molecule has 2 aromatic carbocycles. The number of rotatable bonds is 3. The van der Waals surface area contributed by atoms with Gasteiger partial charge in [0, 0.05) is 37.1 Å². The van der Waals surface area contributed by atoms with E-state index in [4.69, 9.17) is 0 Å². The van der Waals surface area contributed by atoms with E-state index in [1.165, 1.54) is 18.2 Å². The SMILES string of the molecule is O=C(c1csc(-c2cccc(C(F)(F)F)c2)n1)N1CCN(c2ccccc2F)CC1. The van der Waals surface area contributed by atoms with Crippen molar-refractivity contribution in [1.29, 1.82) is 0 Å². The average Bonchev–Trinajstić information content (AvgIpc) is 3.24. The Morgan fingerprint density at radius 1 is 1.00 bits per heavy atom. The summed E-state index contributed by atoms with van der Waals surface area (Å²) in [4.78, 5) is 20.5. The van der Waals surface area contributed by atoms with Crippen LogP contribution in [-0.4, -0.2) is 42.0 Å². The first-order chi connectivity index (χ1) is 14.3. The first-order valence-electron chi connectivity index (χ1n) is 9.25. The number of piperazine rings is 1. The van der Waals surface area contributed by atoms with Crippen LogP contribution < -0.4 is 4.90 Å². The van der Waals surface area contributed by atoms with Gasteiger partial charge in [-0.3, -0.25) is 4.79 Å². The van der Waals surface area contributed by atoms with E-state index in [0.717, 1.165) is 23.5 Å². The number of hydrogen-bond donors (Lipinski definition) is 0. The van der Waals surface area contributed by atoms with E-state index in [0.29, 0.717) is 42.4 Å². The molecule has 0 aliphatic carbocycles. The fraction of sp³-hybridized carbons (Fsp3) is 0.238. The zero-order chi connectivity index (χ0) is 21.3. The number of benzene rings is 2. The molecule has 0 bridgehead atoms. The van der Waals surface area contributed by atoms with E-state index < -0.39 is 11.7 Å². The third-order valence-electron chi connectivity index (χ3n) is 4.92. The molecule has 0 N–H and O–H groups in total. The van der Waals surface area contributed by atoms with E-state index in [-0.39, 0.29) is 17.4 Å². The molecule has 1 aliphatic heterocycles. The first kappa shape index (κ1) is 20.3. The molecule has 1 aromatic heterocycles. The maximum absolute atomic E-state index is 14.0. The third-order valence-corrected chi connectivity index (χ3v) is 5.81. The van der Waals surface area contributed by atoms with Crippen molar-refractivity contribution < 1.29 is 22.4 Å². The number of nitrogens with zero attached hydrogens (tertiary/aromatic N) is 3. The monoisotopic (exact) mass is 435 g/mol. The minimum absolute atomic E-state index is 0.201. The molecule has 156 valence electrons. The van der Waals surface area contributed by atoms with Gasteiger partial charge in [0.2, 0.25) is 0 Å². The van der Waals surface area contributed by atoms with Gasteiger partial charge in [-0.15, -0.1) is 11.3 Å². The molecule has 0 unspecified atom stereocenters. The number of carbonyl (C=O) groups excluding carboxylic acids is 1. The van der Waals surface area contributed by atoms with Crippen LogP contribution in [0.3, 0.4) is 0 Å². The summed E-state index contributed by atoms with van der Waals surface area (Å²) < 4.78 is 52.8. The number of alkyl halides is 3. The molecule has 0 radical (unpaired) electrons. The number of thiazole rings is 1. The van der Waals surface area contributed by atoms with Crippen molar-refractivity contribution in [2.45, 2.75) is 6.18 Å². The summed E-state index contributed by atoms with van der Waals surface area (Å²) in [7, 11) is 0. The topological polar surface area (TPSA) is 36.4 Å². The highest BCUT2D eigenvalue weighted by Crippen LogP contribution is 2.33. The molecule has 1 amide bonds. The molecule has 3 aromatic rings. The fourth-order valence-electron chi connectivity index (χ4n) is 3.35. The maximum Gasteiger partial charge on any atom is 0.416 e. The van der Waals surface area contributed by atoms with Crippen LogP contribution in [0, 0.1) is 5.82 Å². The van der Waals surface area contributed by atoms with E-state index in [1.54, 1.807) is 28.5 Å². The quantitative estimate of drug-likeness (QED) is 0.548. The molecular weight excluding hydrogens is 418 g/mol. The highest BCUT2D eigenvalue weighted by atomic mass is 32.1. The van der Waals surface area contributed by atoms with E-state index >= 15 is 0 Å². The minimum Gasteiger partial charge on any atom is -0.366 e. The van der Waals surface area contributed by atoms with Gasteiger partial charge >= 0.3 is 6.18 Å². The number of anilines is 1. The molecule has 4 nitrogen and oxygen atoms in total. The summed E-state index contributed by atoms with van der Waals surface area (Å²) in [6, 6.07) is 11.4. The predicted octanol–water partition coefficient (Wildman–Crippen LogP) is 4.93. The molecular formula is C21H17F4N3OS. The molecule has 1 fully saturated rings. The Morgan fingerprint density at radius 2 is 1.73 bits per heavy atom. The largest absolute Gasteiger partial charge is 0.416 e. The lowest BCUT2D eigenvalue weighted by atomic mass is 10.1. The summed E-state index contributed by atoms with van der Waals surface area (Å²) in [6.45, 7) is 1.78. The van der Waals surface area contributed by atoms with Crippen molar-refractivity contribution in [2.24, 2.45) is 0 Å². The van der Waals surface area contributed by atoms with Gasteiger partial charge in [-0.25, -0.2) is 9.37 Å². The highest BCUT2D eigenvalue weighted by Gasteiger charge is 2.31. The fourth-order valence-corrected chi connectivity index (χ4v) is 4.14. The van der Waals surface area contributed by atoms with Crippen LogP contribution in [-0.2, 0) is 6.18 Å². The van der Waals surface area contributed by atoms with Crippen LogP contribution in [0.1, 0.15) is 16.1 Å². The molecule has 0 saturated carbocycles. The van der Waals surface area contributed by atoms with Crippen molar-refractivity contribution in [2.75, 3.05) is 31.1 Å². The van der Waals surface area contributed by atoms with E-state index in [2.05, 4.69) is 4.98 Å². The Morgan fingerprint density at radius 3 is 2.43 bits per heavy atom. The Labute approximate surface area is 174 Å². The number of halogens is 4. The van der Waals surface area contributed by atoms with Crippen molar-refractivity contribution in [3.63, 3.8) is 0 Å². The summed E-state index contributed by atoms with van der Waals surface area (Å²) in [5, 5.41) is 1.91. The Kier molecular flexibility index (Phi) is 5.46. The Hall–Kier alpha value is -2.94. The molecule has 0 atom stereocenters. The molecule has 1 aliphatic rings. The lowest BCUT2D eigenvalue weighted by molar-refractivity contribution is -0.137. The van der Waals surface area contributed by atoms with Crippen LogP contribution in [0.5, 0.6) is 0 Å². The second-order valence-corrected chi connectivity index (χ2v) is 7.71. The van der Waals surface area contributed by atoms with Gasteiger partial charge in [-0.05, 0) is 24.3 Å². The number of para-hydroxylation sites is 1. The van der Waals surface area contributed by atoms with E-state index in [9.17, 15) is 22.4 Å². The smallest absolute Gasteiger partial charge is 0.366 e. The van der Waals surface area contributed by atoms with Gasteiger partial charge in [0.1, 0.15) is 16.5 Å². The molecule has 9 heteroatoms. The predicted molar refractivity (Wildman–Crippen MR) is 107 cm³/mol. The number of hydrogen-bond acceptors (Lipinski definition) is 4. The molecule has 4 rings (SSSR count). The maximum atomic E-state index is 14.0. The van der Waals surface area contributed by atoms with Gasteiger partial charge in [0.25, 0.3) is 5.91 Å². The number of carbonyl (C=O) groups is 1. The van der Waals surface area contributed by atoms with Crippen LogP contribution in [0.15, 0.2) is 53.9 Å². The van der Waals surface area contributed by atoms with Gasteiger partial charge < -0.3 is 9.80 Å². The number of aromatic nitrogens is 1. The minimum atomic E-state index is -4.44. The van der Waals surface area contributed by atoms with Crippen LogP contribution in [0.4, 0.5) is 23.2 Å². The van der Waals surface area contributed by atoms with Gasteiger partial charge in [0.05, 0.1) is 11.3 Å². The zero-order valence-electron chi connectivity index (χ0n) is 15.7. The van der Waals surface area contributed by atoms with E-state index in [1.807, 2.05) is 4.90 Å². The summed E-state index contributed by atoms with van der Waals surface area (Å²) in [6.07, 6.45) is -4.44. The van der Waals surface area contributed by atoms with Crippen molar-refractivity contribution in [3.8, 4) is 10.6 Å². The van der Waals surface area contributed by atoms with Crippen molar-refractivity contribution in [1.82, 2.24) is 9.88 Å². The Bertz CT molecular complexity index is 1060. The summed E-state index contributed by atoms with van der Waals surface area (Å²) in [5.74, 6) is -0.583. The Balaban J connectivity index is 1.45.